The van der Waals surface area contributed by atoms with Crippen LogP contribution in [0.2, 0.25) is 0 Å². The Morgan fingerprint density at radius 2 is 1.09 bits per heavy atom. The number of hydrazone groups is 1. The van der Waals surface area contributed by atoms with E-state index in [2.05, 4.69) is 31.0 Å². The molecule has 8 rings (SSSR count). The lowest BCUT2D eigenvalue weighted by Crippen LogP contribution is -2.27. The van der Waals surface area contributed by atoms with Gasteiger partial charge in [-0.1, -0.05) is 42.5 Å². The molecule has 0 fully saturated rings. The third kappa shape index (κ3) is 8.49. The van der Waals surface area contributed by atoms with Gasteiger partial charge in [-0.05, 0) is 84.4 Å². The van der Waals surface area contributed by atoms with Crippen LogP contribution in [0, 0.1) is 0 Å². The van der Waals surface area contributed by atoms with Crippen molar-refractivity contribution >= 4 is 124 Å². The summed E-state index contributed by atoms with van der Waals surface area (Å²) in [6.07, 6.45) is 1.03. The van der Waals surface area contributed by atoms with Crippen LogP contribution in [-0.4, -0.2) is 63.4 Å². The van der Waals surface area contributed by atoms with Gasteiger partial charge >= 0.3 is 0 Å². The Bertz CT molecular complexity index is 3800. The van der Waals surface area contributed by atoms with Gasteiger partial charge in [-0.3, -0.25) is 28.4 Å². The molecule has 0 spiro atoms. The first-order chi connectivity index (χ1) is 30.1. The predicted octanol–water partition coefficient (Wildman–Crippen LogP) is 8.19. The number of nitrogens with zero attached hydrogens (tertiary/aromatic N) is 5. The summed E-state index contributed by atoms with van der Waals surface area (Å²) >= 11 is 0. The van der Waals surface area contributed by atoms with Gasteiger partial charge in [0.2, 0.25) is 5.78 Å². The number of allylic oxidation sites excluding steroid dienone is 1. The number of carbonyl (C=O) groups is 1. The maximum absolute atomic E-state index is 13.4. The van der Waals surface area contributed by atoms with Crippen molar-refractivity contribution in [1.29, 1.82) is 0 Å². The Balaban J connectivity index is 1.17. The van der Waals surface area contributed by atoms with Gasteiger partial charge in [0.1, 0.15) is 14.7 Å². The van der Waals surface area contributed by atoms with Gasteiger partial charge in [-0.2, -0.15) is 43.9 Å². The first-order valence-electron chi connectivity index (χ1n) is 18.0. The highest BCUT2D eigenvalue weighted by Crippen LogP contribution is 2.39. The fourth-order valence-electron chi connectivity index (χ4n) is 6.90. The number of nitrogens with two attached hydrogens (primary N) is 1. The summed E-state index contributed by atoms with van der Waals surface area (Å²) in [6.45, 7) is 0. The Morgan fingerprint density at radius 3 is 1.70 bits per heavy atom. The van der Waals surface area contributed by atoms with E-state index in [0.717, 1.165) is 30.3 Å². The molecule has 0 saturated heterocycles. The van der Waals surface area contributed by atoms with Crippen molar-refractivity contribution in [1.82, 2.24) is 0 Å². The molecule has 0 amide bonds. The molecule has 7 aromatic carbocycles. The number of nitrogen functional groups attached to an aromatic ring is 1. The van der Waals surface area contributed by atoms with Crippen molar-refractivity contribution in [2.45, 2.75) is 14.7 Å². The summed E-state index contributed by atoms with van der Waals surface area (Å²) in [6, 6.07) is 25.9. The van der Waals surface area contributed by atoms with E-state index in [-0.39, 0.29) is 61.1 Å². The van der Waals surface area contributed by atoms with E-state index < -0.39 is 71.6 Å². The van der Waals surface area contributed by atoms with Crippen molar-refractivity contribution in [3.05, 3.63) is 131 Å². The SMILES string of the molecule is Nc1ccc2c(c1)C=C(S(=O)(=O)O)C(=NNc1ccc(N=Nc3ccc(N=Nc4cc(S(=O)(=O)O)c5cccc(S(=O)(=O)O)c5c4)c4ccccc34)c3ccc(S(=O)(=O)O)cc13)C2=O. The Kier molecular flexibility index (Phi) is 10.8. The van der Waals surface area contributed by atoms with E-state index in [1.54, 1.807) is 24.3 Å². The zero-order valence-electron chi connectivity index (χ0n) is 32.0. The molecule has 0 bridgehead atoms. The van der Waals surface area contributed by atoms with Crippen LogP contribution in [0.15, 0.2) is 160 Å². The third-order valence-electron chi connectivity index (χ3n) is 9.76. The molecule has 1 aliphatic carbocycles. The minimum absolute atomic E-state index is 0.0158. The van der Waals surface area contributed by atoms with E-state index in [1.807, 2.05) is 0 Å². The summed E-state index contributed by atoms with van der Waals surface area (Å²) in [5.74, 6) is -0.875. The highest BCUT2D eigenvalue weighted by Gasteiger charge is 2.33. The number of fused-ring (bicyclic) bond motifs is 4. The Labute approximate surface area is 362 Å². The van der Waals surface area contributed by atoms with E-state index in [9.17, 15) is 56.7 Å². The largest absolute Gasteiger partial charge is 0.399 e. The minimum Gasteiger partial charge on any atom is -0.399 e. The van der Waals surface area contributed by atoms with E-state index >= 15 is 0 Å². The van der Waals surface area contributed by atoms with Gasteiger partial charge in [0.25, 0.3) is 40.5 Å². The normalized spacial score (nSPS) is 14.5. The summed E-state index contributed by atoms with van der Waals surface area (Å²) < 4.78 is 138. The van der Waals surface area contributed by atoms with Crippen molar-refractivity contribution in [2.24, 2.45) is 25.6 Å². The zero-order valence-corrected chi connectivity index (χ0v) is 35.2. The molecular weight excluding hydrogens is 915 g/mol. The summed E-state index contributed by atoms with van der Waals surface area (Å²) in [4.78, 5) is 10.8. The minimum atomic E-state index is -5.01. The molecule has 0 aliphatic heterocycles. The third-order valence-corrected chi connectivity index (χ3v) is 13.3. The van der Waals surface area contributed by atoms with E-state index in [4.69, 9.17) is 5.73 Å². The van der Waals surface area contributed by atoms with Crippen molar-refractivity contribution in [3.8, 4) is 0 Å². The van der Waals surface area contributed by atoms with Gasteiger partial charge in [0.15, 0.2) is 5.71 Å². The van der Waals surface area contributed by atoms with Gasteiger partial charge in [-0.25, -0.2) is 0 Å². The van der Waals surface area contributed by atoms with Crippen molar-refractivity contribution in [3.63, 3.8) is 0 Å². The van der Waals surface area contributed by atoms with Crippen LogP contribution in [0.3, 0.4) is 0 Å². The van der Waals surface area contributed by atoms with Crippen LogP contribution >= 0.6 is 0 Å². The first-order valence-corrected chi connectivity index (χ1v) is 23.7. The number of carbonyl (C=O) groups excluding carboxylic acids is 1. The van der Waals surface area contributed by atoms with Crippen LogP contribution in [0.1, 0.15) is 15.9 Å². The van der Waals surface area contributed by atoms with Crippen LogP contribution < -0.4 is 11.2 Å². The maximum Gasteiger partial charge on any atom is 0.296 e. The number of nitrogens with one attached hydrogen (secondary N) is 1. The number of hydrogen-bond donors (Lipinski definition) is 6. The topological polar surface area (TPSA) is 334 Å². The molecule has 0 radical (unpaired) electrons. The molecular formula is C40H27N7O13S4. The fraction of sp³-hybridized carbons (Fsp3) is 0. The maximum atomic E-state index is 13.4. The van der Waals surface area contributed by atoms with Crippen LogP contribution in [0.5, 0.6) is 0 Å². The highest BCUT2D eigenvalue weighted by atomic mass is 32.2. The van der Waals surface area contributed by atoms with E-state index in [0.29, 0.717) is 16.5 Å². The average molecular weight is 942 g/mol. The lowest BCUT2D eigenvalue weighted by molar-refractivity contribution is 0.106. The molecule has 64 heavy (non-hydrogen) atoms. The van der Waals surface area contributed by atoms with Gasteiger partial charge in [0, 0.05) is 43.6 Å². The molecule has 324 valence electrons. The molecule has 0 heterocycles. The number of Topliss-reactive ketones (excluding diaryl/α,β-unsaturated/α-hetero) is 1. The summed E-state index contributed by atoms with van der Waals surface area (Å²) in [5.41, 5.74) is 8.59. The van der Waals surface area contributed by atoms with Crippen molar-refractivity contribution in [2.75, 3.05) is 11.2 Å². The zero-order chi connectivity index (χ0) is 45.9. The molecule has 0 saturated carbocycles. The van der Waals surface area contributed by atoms with Gasteiger partial charge < -0.3 is 5.73 Å². The average Bonchev–Trinajstić information content (AvgIpc) is 3.22. The first kappa shape index (κ1) is 43.5. The Hall–Kier alpha value is -7.16. The van der Waals surface area contributed by atoms with Crippen molar-refractivity contribution < 1.29 is 56.7 Å². The Morgan fingerprint density at radius 1 is 0.500 bits per heavy atom. The molecule has 20 nitrogen and oxygen atoms in total. The summed E-state index contributed by atoms with van der Waals surface area (Å²) in [7, 11) is -19.5. The van der Waals surface area contributed by atoms with Gasteiger partial charge in [0.05, 0.1) is 33.3 Å². The second-order valence-electron chi connectivity index (χ2n) is 13.8. The lowest BCUT2D eigenvalue weighted by Gasteiger charge is -2.17. The number of benzene rings is 7. The molecule has 0 unspecified atom stereocenters. The monoisotopic (exact) mass is 941 g/mol. The fourth-order valence-corrected chi connectivity index (χ4v) is 9.49. The molecule has 24 heteroatoms. The number of hydrogen-bond acceptors (Lipinski definition) is 16. The van der Waals surface area contributed by atoms with Crippen LogP contribution in [0.4, 0.5) is 34.1 Å². The molecule has 7 N–H and O–H groups in total. The smallest absolute Gasteiger partial charge is 0.296 e. The highest BCUT2D eigenvalue weighted by molar-refractivity contribution is 7.91. The molecule has 0 atom stereocenters. The number of rotatable bonds is 10. The number of anilines is 2. The number of ketones is 1. The van der Waals surface area contributed by atoms with Crippen LogP contribution in [-0.2, 0) is 40.5 Å². The molecule has 0 aromatic heterocycles. The second kappa shape index (κ2) is 15.9. The summed E-state index contributed by atoms with van der Waals surface area (Å²) in [5, 5.41) is 22.0. The number of azo groups is 2. The predicted molar refractivity (Wildman–Crippen MR) is 235 cm³/mol. The molecule has 7 aromatic rings. The van der Waals surface area contributed by atoms with Gasteiger partial charge in [-0.15, -0.1) is 15.3 Å². The second-order valence-corrected chi connectivity index (χ2v) is 19.4. The van der Waals surface area contributed by atoms with E-state index in [1.165, 1.54) is 66.7 Å². The quantitative estimate of drug-likeness (QED) is 0.0326. The standard InChI is InChI=1S/C40H27N7O13S4/c41-22-8-10-25-21(16-22)17-38(64(58,59)60)39(40(25)48)47-46-35-15-14-34(28-11-9-24(20-30(28)35)61(49,50)51)45-44-33-13-12-32(26-4-1-2-5-27(26)33)43-42-23-18-31-29(37(19-23)63(55,56)57)6-3-7-36(31)62(52,53)54/h1-20,46H,41H2,(H,49,50,51)(H,52,53,54)(H,55,56,57)(H,58,59,60). The lowest BCUT2D eigenvalue weighted by atomic mass is 9.94. The van der Waals surface area contributed by atoms with Crippen LogP contribution in [0.25, 0.3) is 38.4 Å². The molecule has 1 aliphatic rings.